The maximum atomic E-state index is 11.5. The zero-order chi connectivity index (χ0) is 13.3. The van der Waals surface area contributed by atoms with Crippen LogP contribution in [0.1, 0.15) is 6.42 Å². The summed E-state index contributed by atoms with van der Waals surface area (Å²) in [5, 5.41) is 11.5. The molecule has 0 bridgehead atoms. The van der Waals surface area contributed by atoms with Crippen molar-refractivity contribution in [3.05, 3.63) is 29.2 Å². The maximum absolute atomic E-state index is 11.5. The van der Waals surface area contributed by atoms with Crippen molar-refractivity contribution in [2.75, 3.05) is 14.2 Å². The Hall–Kier alpha value is -2.31. The molecule has 0 aromatic rings. The van der Waals surface area contributed by atoms with Crippen molar-refractivity contribution in [3.63, 3.8) is 0 Å². The fourth-order valence-electron chi connectivity index (χ4n) is 1.86. The summed E-state index contributed by atoms with van der Waals surface area (Å²) in [6.45, 7) is 0. The number of nitrogens with zero attached hydrogens (tertiary/aromatic N) is 1. The lowest BCUT2D eigenvalue weighted by atomic mass is 9.90. The predicted octanol–water partition coefficient (Wildman–Crippen LogP) is -0.146. The summed E-state index contributed by atoms with van der Waals surface area (Å²) < 4.78 is 9.52. The second-order valence-corrected chi connectivity index (χ2v) is 3.80. The van der Waals surface area contributed by atoms with Gasteiger partial charge in [0, 0.05) is 6.08 Å². The van der Waals surface area contributed by atoms with E-state index in [2.05, 4.69) is 4.74 Å². The summed E-state index contributed by atoms with van der Waals surface area (Å²) in [5.41, 5.74) is -1.42. The molecule has 1 atom stereocenters. The molecule has 0 aromatic heterocycles. The van der Waals surface area contributed by atoms with Crippen LogP contribution in [0.5, 0.6) is 0 Å². The molecular weight excluding hydrogens is 242 g/mol. The average Bonchev–Trinajstić information content (AvgIpc) is 2.70. The minimum absolute atomic E-state index is 0.0490. The van der Waals surface area contributed by atoms with Gasteiger partial charge in [-0.3, -0.25) is 10.0 Å². The zero-order valence-corrected chi connectivity index (χ0v) is 9.84. The molecule has 7 nitrogen and oxygen atoms in total. The first-order valence-corrected chi connectivity index (χ1v) is 5.12. The van der Waals surface area contributed by atoms with Gasteiger partial charge in [-0.1, -0.05) is 6.08 Å². The lowest BCUT2D eigenvalue weighted by Gasteiger charge is -2.29. The second-order valence-electron chi connectivity index (χ2n) is 3.80. The van der Waals surface area contributed by atoms with Gasteiger partial charge in [-0.25, -0.2) is 4.79 Å². The summed E-state index contributed by atoms with van der Waals surface area (Å²) in [4.78, 5) is 27.8. The Morgan fingerprint density at radius 2 is 2.28 bits per heavy atom. The largest absolute Gasteiger partial charge is 0.499 e. The van der Waals surface area contributed by atoms with Crippen LogP contribution in [0.2, 0.25) is 0 Å². The van der Waals surface area contributed by atoms with E-state index in [0.717, 1.165) is 0 Å². The van der Waals surface area contributed by atoms with Gasteiger partial charge in [0.15, 0.2) is 11.4 Å². The molecule has 0 unspecified atom stereocenters. The quantitative estimate of drug-likeness (QED) is 0.502. The van der Waals surface area contributed by atoms with Gasteiger partial charge in [0.05, 0.1) is 25.5 Å². The van der Waals surface area contributed by atoms with Crippen LogP contribution in [0.3, 0.4) is 0 Å². The van der Waals surface area contributed by atoms with E-state index in [-0.39, 0.29) is 28.6 Å². The molecule has 1 aliphatic carbocycles. The minimum Gasteiger partial charge on any atom is -0.499 e. The molecular formula is C11H11NO6. The van der Waals surface area contributed by atoms with E-state index in [1.54, 1.807) is 0 Å². The fourth-order valence-corrected chi connectivity index (χ4v) is 1.86. The SMILES string of the molecule is COC(=O)C1=[N+]([O-])O[C@]2(C=CC(=O)C=C2OC)C1. The minimum atomic E-state index is -1.24. The number of ketones is 1. The van der Waals surface area contributed by atoms with Gasteiger partial charge in [0.25, 0.3) is 0 Å². The molecule has 0 aromatic carbocycles. The first-order valence-electron chi connectivity index (χ1n) is 5.12. The molecule has 0 amide bonds. The standard InChI is InChI=1S/C11H11NO6/c1-16-9-5-7(13)3-4-11(9)6-8(10(14)17-2)12(15)18-11/h3-5H,6H2,1-2H3/t11-/m1/s1. The van der Waals surface area contributed by atoms with Crippen LogP contribution in [-0.2, 0) is 23.9 Å². The first kappa shape index (κ1) is 12.2. The fraction of sp³-hybridized carbons (Fsp3) is 0.364. The smallest absolute Gasteiger partial charge is 0.404 e. The van der Waals surface area contributed by atoms with Crippen molar-refractivity contribution in [2.45, 2.75) is 12.0 Å². The van der Waals surface area contributed by atoms with Crippen molar-refractivity contribution in [1.29, 1.82) is 0 Å². The van der Waals surface area contributed by atoms with Gasteiger partial charge in [-0.15, -0.1) is 0 Å². The summed E-state index contributed by atoms with van der Waals surface area (Å²) in [7, 11) is 2.52. The van der Waals surface area contributed by atoms with E-state index in [9.17, 15) is 14.8 Å². The third-order valence-corrected chi connectivity index (χ3v) is 2.74. The molecule has 7 heteroatoms. The number of carbonyl (C=O) groups excluding carboxylic acids is 2. The van der Waals surface area contributed by atoms with Gasteiger partial charge in [0.2, 0.25) is 0 Å². The highest BCUT2D eigenvalue weighted by molar-refractivity contribution is 6.34. The van der Waals surface area contributed by atoms with Crippen LogP contribution in [-0.4, -0.2) is 42.2 Å². The lowest BCUT2D eigenvalue weighted by molar-refractivity contribution is -0.746. The number of ether oxygens (including phenoxy) is 2. The third kappa shape index (κ3) is 1.73. The Labute approximate surface area is 102 Å². The van der Waals surface area contributed by atoms with E-state index >= 15 is 0 Å². The Morgan fingerprint density at radius 1 is 1.56 bits per heavy atom. The number of esters is 1. The molecule has 0 saturated carbocycles. The van der Waals surface area contributed by atoms with E-state index in [0.29, 0.717) is 0 Å². The maximum Gasteiger partial charge on any atom is 0.404 e. The molecule has 0 saturated heterocycles. The summed E-state index contributed by atoms with van der Waals surface area (Å²) >= 11 is 0. The number of methoxy groups -OCH3 is 2. The number of hydrogen-bond acceptors (Lipinski definition) is 6. The predicted molar refractivity (Wildman–Crippen MR) is 58.3 cm³/mol. The van der Waals surface area contributed by atoms with Gasteiger partial charge in [-0.05, 0) is 6.08 Å². The molecule has 2 aliphatic rings. The van der Waals surface area contributed by atoms with Crippen LogP contribution < -0.4 is 0 Å². The topological polar surface area (TPSA) is 87.9 Å². The van der Waals surface area contributed by atoms with Gasteiger partial charge >= 0.3 is 11.7 Å². The van der Waals surface area contributed by atoms with E-state index in [1.807, 2.05) is 0 Å². The van der Waals surface area contributed by atoms with Gasteiger partial charge < -0.3 is 14.3 Å². The van der Waals surface area contributed by atoms with Gasteiger partial charge in [0.1, 0.15) is 5.76 Å². The molecule has 96 valence electrons. The number of rotatable bonds is 2. The highest BCUT2D eigenvalue weighted by atomic mass is 16.9. The average molecular weight is 253 g/mol. The van der Waals surface area contributed by atoms with Crippen LogP contribution >= 0.6 is 0 Å². The number of hydrogen-bond donors (Lipinski definition) is 0. The Balaban J connectivity index is 2.33. The van der Waals surface area contributed by atoms with Gasteiger partial charge in [-0.2, -0.15) is 0 Å². The normalized spacial score (nSPS) is 26.1. The molecule has 0 fully saturated rings. The molecule has 0 N–H and O–H groups in total. The van der Waals surface area contributed by atoms with E-state index in [1.165, 1.54) is 32.4 Å². The number of allylic oxidation sites excluding steroid dienone is 2. The Morgan fingerprint density at radius 3 is 2.89 bits per heavy atom. The molecule has 0 radical (unpaired) electrons. The lowest BCUT2D eigenvalue weighted by Crippen LogP contribution is -2.34. The van der Waals surface area contributed by atoms with Crippen molar-refractivity contribution in [1.82, 2.24) is 0 Å². The molecule has 1 spiro atoms. The van der Waals surface area contributed by atoms with Crippen LogP contribution in [0.25, 0.3) is 0 Å². The summed E-state index contributed by atoms with van der Waals surface area (Å²) in [5.74, 6) is -0.873. The van der Waals surface area contributed by atoms with E-state index in [4.69, 9.17) is 9.57 Å². The Kier molecular flexibility index (Phi) is 2.82. The molecule has 1 heterocycles. The third-order valence-electron chi connectivity index (χ3n) is 2.74. The number of carbonyl (C=O) groups is 2. The first-order chi connectivity index (χ1) is 8.52. The van der Waals surface area contributed by atoms with Crippen LogP contribution in [0.15, 0.2) is 24.0 Å². The Bertz CT molecular complexity index is 504. The van der Waals surface area contributed by atoms with Crippen LogP contribution in [0, 0.1) is 5.21 Å². The highest BCUT2D eigenvalue weighted by Gasteiger charge is 2.49. The van der Waals surface area contributed by atoms with Crippen molar-refractivity contribution >= 4 is 17.5 Å². The monoisotopic (exact) mass is 253 g/mol. The zero-order valence-electron chi connectivity index (χ0n) is 9.84. The second kappa shape index (κ2) is 4.17. The highest BCUT2D eigenvalue weighted by Crippen LogP contribution is 2.35. The van der Waals surface area contributed by atoms with Crippen molar-refractivity contribution in [3.8, 4) is 0 Å². The molecule has 2 rings (SSSR count). The van der Waals surface area contributed by atoms with E-state index < -0.39 is 11.6 Å². The summed E-state index contributed by atoms with van der Waals surface area (Å²) in [6, 6.07) is 0. The van der Waals surface area contributed by atoms with Crippen molar-refractivity contribution < 1.29 is 28.8 Å². The summed E-state index contributed by atoms with van der Waals surface area (Å²) in [6.07, 6.45) is 3.83. The molecule has 18 heavy (non-hydrogen) atoms. The van der Waals surface area contributed by atoms with Crippen LogP contribution in [0.4, 0.5) is 0 Å². The van der Waals surface area contributed by atoms with Crippen molar-refractivity contribution in [2.24, 2.45) is 0 Å². The molecule has 1 aliphatic heterocycles.